The lowest BCUT2D eigenvalue weighted by molar-refractivity contribution is -0.118. The number of carbonyl (C=O) groups is 1. The lowest BCUT2D eigenvalue weighted by atomic mass is 10.1. The number of hydrogen-bond acceptors (Lipinski definition) is 5. The Morgan fingerprint density at radius 3 is 3.00 bits per heavy atom. The molecule has 0 atom stereocenters. The Morgan fingerprint density at radius 1 is 1.27 bits per heavy atom. The van der Waals surface area contributed by atoms with Crippen LogP contribution in [0.5, 0.6) is 5.88 Å². The first-order valence-electron chi connectivity index (χ1n) is 6.82. The number of hydrogen-bond donors (Lipinski definition) is 1. The van der Waals surface area contributed by atoms with Gasteiger partial charge in [-0.15, -0.1) is 11.3 Å². The number of carbonyl (C=O) groups excluding carboxylic acids is 1. The highest BCUT2D eigenvalue weighted by molar-refractivity contribution is 7.16. The SMILES string of the molecule is Cc1cccc(NC(=O)COc2ncnc3sccc23)c1C. The van der Waals surface area contributed by atoms with E-state index >= 15 is 0 Å². The first-order valence-corrected chi connectivity index (χ1v) is 7.70. The molecule has 1 aromatic carbocycles. The Bertz CT molecular complexity index is 829. The number of thiophene rings is 1. The Hall–Kier alpha value is -2.47. The number of aromatic nitrogens is 2. The lowest BCUT2D eigenvalue weighted by Crippen LogP contribution is -2.21. The summed E-state index contributed by atoms with van der Waals surface area (Å²) in [6.07, 6.45) is 1.44. The molecule has 2 heterocycles. The maximum absolute atomic E-state index is 12.0. The van der Waals surface area contributed by atoms with Crippen LogP contribution in [-0.2, 0) is 4.79 Å². The third-order valence-electron chi connectivity index (χ3n) is 3.44. The molecule has 5 nitrogen and oxygen atoms in total. The van der Waals surface area contributed by atoms with Gasteiger partial charge in [-0.05, 0) is 42.5 Å². The van der Waals surface area contributed by atoms with E-state index in [1.165, 1.54) is 17.7 Å². The molecule has 0 saturated heterocycles. The van der Waals surface area contributed by atoms with Crippen molar-refractivity contribution in [2.75, 3.05) is 11.9 Å². The van der Waals surface area contributed by atoms with Gasteiger partial charge in [0.2, 0.25) is 5.88 Å². The van der Waals surface area contributed by atoms with E-state index in [1.54, 1.807) is 0 Å². The largest absolute Gasteiger partial charge is 0.467 e. The van der Waals surface area contributed by atoms with E-state index in [1.807, 2.05) is 43.5 Å². The molecule has 0 aliphatic heterocycles. The number of nitrogens with zero attached hydrogens (tertiary/aromatic N) is 2. The van der Waals surface area contributed by atoms with Crippen LogP contribution in [0, 0.1) is 13.8 Å². The number of aryl methyl sites for hydroxylation is 1. The molecule has 0 saturated carbocycles. The predicted molar refractivity (Wildman–Crippen MR) is 87.5 cm³/mol. The highest BCUT2D eigenvalue weighted by Gasteiger charge is 2.10. The molecular formula is C16H15N3O2S. The van der Waals surface area contributed by atoms with Gasteiger partial charge in [0.1, 0.15) is 11.2 Å². The van der Waals surface area contributed by atoms with Crippen molar-refractivity contribution in [1.29, 1.82) is 0 Å². The number of benzene rings is 1. The molecule has 112 valence electrons. The molecule has 0 bridgehead atoms. The number of nitrogens with one attached hydrogen (secondary N) is 1. The quantitative estimate of drug-likeness (QED) is 0.802. The van der Waals surface area contributed by atoms with E-state index in [-0.39, 0.29) is 12.5 Å². The molecule has 1 N–H and O–H groups in total. The molecule has 6 heteroatoms. The van der Waals surface area contributed by atoms with E-state index < -0.39 is 0 Å². The summed E-state index contributed by atoms with van der Waals surface area (Å²) in [6.45, 7) is 3.90. The molecule has 1 amide bonds. The molecule has 0 spiro atoms. The summed E-state index contributed by atoms with van der Waals surface area (Å²) < 4.78 is 5.53. The number of anilines is 1. The number of ether oxygens (including phenoxy) is 1. The summed E-state index contributed by atoms with van der Waals surface area (Å²) in [5, 5.41) is 5.60. The zero-order valence-electron chi connectivity index (χ0n) is 12.3. The van der Waals surface area contributed by atoms with E-state index in [9.17, 15) is 4.79 Å². The fraction of sp³-hybridized carbons (Fsp3) is 0.188. The van der Waals surface area contributed by atoms with Crippen molar-refractivity contribution in [3.05, 3.63) is 47.1 Å². The third-order valence-corrected chi connectivity index (χ3v) is 4.26. The van der Waals surface area contributed by atoms with Gasteiger partial charge in [-0.25, -0.2) is 9.97 Å². The van der Waals surface area contributed by atoms with Crippen molar-refractivity contribution >= 4 is 33.1 Å². The first kappa shape index (κ1) is 14.5. The van der Waals surface area contributed by atoms with Gasteiger partial charge in [-0.3, -0.25) is 4.79 Å². The van der Waals surface area contributed by atoms with Crippen molar-refractivity contribution in [1.82, 2.24) is 9.97 Å². The summed E-state index contributed by atoms with van der Waals surface area (Å²) in [6, 6.07) is 7.69. The van der Waals surface area contributed by atoms with Gasteiger partial charge >= 0.3 is 0 Å². The minimum Gasteiger partial charge on any atom is -0.467 e. The fourth-order valence-electron chi connectivity index (χ4n) is 2.09. The second-order valence-corrected chi connectivity index (χ2v) is 5.80. The monoisotopic (exact) mass is 313 g/mol. The Balaban J connectivity index is 1.68. The minimum atomic E-state index is -0.212. The summed E-state index contributed by atoms with van der Waals surface area (Å²) in [5.41, 5.74) is 2.99. The lowest BCUT2D eigenvalue weighted by Gasteiger charge is -2.11. The van der Waals surface area contributed by atoms with Gasteiger partial charge in [0.15, 0.2) is 6.61 Å². The highest BCUT2D eigenvalue weighted by Crippen LogP contribution is 2.25. The van der Waals surface area contributed by atoms with Gasteiger partial charge in [-0.2, -0.15) is 0 Å². The highest BCUT2D eigenvalue weighted by atomic mass is 32.1. The molecule has 0 aliphatic carbocycles. The second kappa shape index (κ2) is 6.11. The summed E-state index contributed by atoms with van der Waals surface area (Å²) >= 11 is 1.51. The molecule has 3 aromatic rings. The maximum atomic E-state index is 12.0. The fourth-order valence-corrected chi connectivity index (χ4v) is 2.81. The first-order chi connectivity index (χ1) is 10.6. The Labute approximate surface area is 132 Å². The van der Waals surface area contributed by atoms with Crippen molar-refractivity contribution in [2.24, 2.45) is 0 Å². The molecule has 2 aromatic heterocycles. The molecule has 0 radical (unpaired) electrons. The summed E-state index contributed by atoms with van der Waals surface area (Å²) in [4.78, 5) is 21.1. The van der Waals surface area contributed by atoms with Crippen LogP contribution in [0.15, 0.2) is 36.0 Å². The van der Waals surface area contributed by atoms with E-state index in [0.29, 0.717) is 5.88 Å². The zero-order valence-corrected chi connectivity index (χ0v) is 13.1. The van der Waals surface area contributed by atoms with Crippen LogP contribution in [0.25, 0.3) is 10.2 Å². The average molecular weight is 313 g/mol. The molecule has 3 rings (SSSR count). The molecular weight excluding hydrogens is 298 g/mol. The van der Waals surface area contributed by atoms with Gasteiger partial charge in [0.05, 0.1) is 5.39 Å². The second-order valence-electron chi connectivity index (χ2n) is 4.90. The number of amides is 1. The Kier molecular flexibility index (Phi) is 4.02. The average Bonchev–Trinajstić information content (AvgIpc) is 2.99. The number of fused-ring (bicyclic) bond motifs is 1. The van der Waals surface area contributed by atoms with E-state index in [4.69, 9.17) is 4.74 Å². The predicted octanol–water partition coefficient (Wildman–Crippen LogP) is 3.33. The van der Waals surface area contributed by atoms with Crippen LogP contribution in [-0.4, -0.2) is 22.5 Å². The van der Waals surface area contributed by atoms with Gasteiger partial charge in [0.25, 0.3) is 5.91 Å². The van der Waals surface area contributed by atoms with Crippen molar-refractivity contribution in [3.63, 3.8) is 0 Å². The normalized spacial score (nSPS) is 10.6. The molecule has 22 heavy (non-hydrogen) atoms. The van der Waals surface area contributed by atoms with Crippen LogP contribution in [0.4, 0.5) is 5.69 Å². The van der Waals surface area contributed by atoms with Crippen LogP contribution >= 0.6 is 11.3 Å². The Morgan fingerprint density at radius 2 is 2.14 bits per heavy atom. The van der Waals surface area contributed by atoms with Crippen LogP contribution in [0.1, 0.15) is 11.1 Å². The number of rotatable bonds is 4. The smallest absolute Gasteiger partial charge is 0.262 e. The van der Waals surface area contributed by atoms with Gasteiger partial charge < -0.3 is 10.1 Å². The molecule has 0 aliphatic rings. The van der Waals surface area contributed by atoms with Crippen molar-refractivity contribution in [3.8, 4) is 5.88 Å². The van der Waals surface area contributed by atoms with Crippen molar-refractivity contribution in [2.45, 2.75) is 13.8 Å². The van der Waals surface area contributed by atoms with E-state index in [2.05, 4.69) is 15.3 Å². The summed E-state index contributed by atoms with van der Waals surface area (Å²) in [7, 11) is 0. The molecule has 0 unspecified atom stereocenters. The topological polar surface area (TPSA) is 64.1 Å². The van der Waals surface area contributed by atoms with E-state index in [0.717, 1.165) is 27.0 Å². The minimum absolute atomic E-state index is 0.0880. The standard InChI is InChI=1S/C16H15N3O2S/c1-10-4-3-5-13(11(10)2)19-14(20)8-21-15-12-6-7-22-16(12)18-9-17-15/h3-7,9H,8H2,1-2H3,(H,19,20). The van der Waals surface area contributed by atoms with Crippen LogP contribution in [0.2, 0.25) is 0 Å². The van der Waals surface area contributed by atoms with Crippen molar-refractivity contribution < 1.29 is 9.53 Å². The third kappa shape index (κ3) is 2.92. The molecule has 0 fully saturated rings. The zero-order chi connectivity index (χ0) is 15.5. The van der Waals surface area contributed by atoms with Crippen LogP contribution in [0.3, 0.4) is 0 Å². The van der Waals surface area contributed by atoms with Gasteiger partial charge in [0, 0.05) is 5.69 Å². The van der Waals surface area contributed by atoms with Crippen LogP contribution < -0.4 is 10.1 Å². The summed E-state index contributed by atoms with van der Waals surface area (Å²) in [5.74, 6) is 0.220. The van der Waals surface area contributed by atoms with Gasteiger partial charge in [-0.1, -0.05) is 12.1 Å². The maximum Gasteiger partial charge on any atom is 0.262 e.